The highest BCUT2D eigenvalue weighted by Gasteiger charge is 2.39. The summed E-state index contributed by atoms with van der Waals surface area (Å²) in [5.74, 6) is 3.05. The molecule has 1 N–H and O–H groups in total. The second-order valence-corrected chi connectivity index (χ2v) is 15.4. The number of hydrogen-bond donors (Lipinski definition) is 1. The van der Waals surface area contributed by atoms with Gasteiger partial charge in [-0.15, -0.1) is 0 Å². The Bertz CT molecular complexity index is 1970. The standard InChI is InChI=1S/C44H57FN6O3/c1-11-29(5)21-34(32(8)33(9)39(52)17-19-44(45)25-50(10)26-44)24-53-42-30(6)13-15-37-41(42)43(47-27-46-37)49-35-14-16-40(31(7)22-35)54-36-18-20-51(48-12-2)38(23-36)28(3)4/h12-20,22-23,27,29,32-34H,11,21,24-26H2,1-10H3,(H,46,47,49)/b19-17+,48-12-. The summed E-state index contributed by atoms with van der Waals surface area (Å²) in [6.07, 6.45) is 14.0. The van der Waals surface area contributed by atoms with Crippen LogP contribution in [0.4, 0.5) is 15.9 Å². The van der Waals surface area contributed by atoms with Crippen molar-refractivity contribution in [3.63, 3.8) is 0 Å². The van der Waals surface area contributed by atoms with Gasteiger partial charge in [0.15, 0.2) is 11.5 Å². The van der Waals surface area contributed by atoms with Crippen LogP contribution in [0.1, 0.15) is 72.4 Å². The van der Waals surface area contributed by atoms with Gasteiger partial charge in [-0.1, -0.05) is 45.8 Å². The molecular formula is C44H57FN6O3. The molecule has 5 rings (SSSR count). The molecule has 4 unspecified atom stereocenters. The first kappa shape index (κ1) is 40.4. The Kier molecular flexibility index (Phi) is 13.1. The summed E-state index contributed by atoms with van der Waals surface area (Å²) in [4.78, 5) is 24.5. The Morgan fingerprint density at radius 3 is 2.54 bits per heavy atom. The average molecular weight is 737 g/mol. The van der Waals surface area contributed by atoms with Gasteiger partial charge in [0.2, 0.25) is 0 Å². The summed E-state index contributed by atoms with van der Waals surface area (Å²) in [6, 6.07) is 9.96. The second kappa shape index (κ2) is 17.5. The maximum atomic E-state index is 14.9. The molecule has 0 radical (unpaired) electrons. The van der Waals surface area contributed by atoms with E-state index in [1.807, 2.05) is 93.3 Å². The summed E-state index contributed by atoms with van der Waals surface area (Å²) in [6.45, 7) is 19.6. The maximum absolute atomic E-state index is 14.9. The number of halogens is 1. The molecule has 0 amide bonds. The van der Waals surface area contributed by atoms with Gasteiger partial charge in [-0.3, -0.25) is 9.69 Å². The van der Waals surface area contributed by atoms with Crippen molar-refractivity contribution in [2.45, 2.75) is 80.8 Å². The molecule has 3 heterocycles. The van der Waals surface area contributed by atoms with E-state index in [0.29, 0.717) is 37.2 Å². The number of ether oxygens (including phenoxy) is 2. The van der Waals surface area contributed by atoms with E-state index in [4.69, 9.17) is 9.47 Å². The first-order valence-corrected chi connectivity index (χ1v) is 19.1. The van der Waals surface area contributed by atoms with Crippen LogP contribution < -0.4 is 14.8 Å². The van der Waals surface area contributed by atoms with Crippen molar-refractivity contribution >= 4 is 34.4 Å². The van der Waals surface area contributed by atoms with Crippen molar-refractivity contribution < 1.29 is 18.7 Å². The van der Waals surface area contributed by atoms with Crippen molar-refractivity contribution in [3.8, 4) is 11.5 Å². The topological polar surface area (TPSA) is 92.2 Å². The average Bonchev–Trinajstić information content (AvgIpc) is 3.13. The molecule has 9 nitrogen and oxygen atoms in total. The minimum Gasteiger partial charge on any atom is -0.492 e. The van der Waals surface area contributed by atoms with E-state index in [0.717, 1.165) is 63.3 Å². The number of benzene rings is 2. The van der Waals surface area contributed by atoms with Crippen LogP contribution in [0.2, 0.25) is 0 Å². The normalized spacial score (nSPS) is 18.0. The first-order valence-electron chi connectivity index (χ1n) is 19.1. The number of hydrazone groups is 1. The van der Waals surface area contributed by atoms with Gasteiger partial charge in [0.1, 0.15) is 29.4 Å². The van der Waals surface area contributed by atoms with Crippen LogP contribution in [0.25, 0.3) is 10.9 Å². The van der Waals surface area contributed by atoms with Crippen molar-refractivity contribution in [2.24, 2.45) is 28.8 Å². The quantitative estimate of drug-likeness (QED) is 0.115. The molecule has 0 bridgehead atoms. The highest BCUT2D eigenvalue weighted by molar-refractivity contribution is 5.97. The van der Waals surface area contributed by atoms with Crippen molar-refractivity contribution in [1.82, 2.24) is 19.9 Å². The zero-order valence-electron chi connectivity index (χ0n) is 33.6. The number of carbonyl (C=O) groups is 1. The van der Waals surface area contributed by atoms with E-state index >= 15 is 0 Å². The molecule has 2 aromatic carbocycles. The zero-order valence-corrected chi connectivity index (χ0v) is 33.6. The van der Waals surface area contributed by atoms with Crippen LogP contribution in [0.3, 0.4) is 0 Å². The fourth-order valence-corrected chi connectivity index (χ4v) is 7.06. The number of rotatable bonds is 16. The van der Waals surface area contributed by atoms with Crippen LogP contribution in [0, 0.1) is 37.5 Å². The number of nitrogens with zero attached hydrogens (tertiary/aromatic N) is 5. The van der Waals surface area contributed by atoms with Gasteiger partial charge in [0.25, 0.3) is 0 Å². The fraction of sp³-hybridized carbons (Fsp3) is 0.455. The molecule has 1 aromatic heterocycles. The van der Waals surface area contributed by atoms with Crippen LogP contribution in [0.5, 0.6) is 11.5 Å². The van der Waals surface area contributed by atoms with Gasteiger partial charge in [0.05, 0.1) is 23.2 Å². The van der Waals surface area contributed by atoms with Crippen LogP contribution in [0.15, 0.2) is 89.3 Å². The number of likely N-dealkylation sites (tertiary alicyclic amines) is 1. The lowest BCUT2D eigenvalue weighted by molar-refractivity contribution is -0.120. The molecule has 4 atom stereocenters. The van der Waals surface area contributed by atoms with E-state index < -0.39 is 5.67 Å². The predicted octanol–water partition coefficient (Wildman–Crippen LogP) is 9.86. The number of nitrogens with one attached hydrogen (secondary N) is 1. The largest absolute Gasteiger partial charge is 0.492 e. The number of alkyl halides is 1. The molecule has 1 saturated heterocycles. The van der Waals surface area contributed by atoms with E-state index in [9.17, 15) is 9.18 Å². The predicted molar refractivity (Wildman–Crippen MR) is 218 cm³/mol. The van der Waals surface area contributed by atoms with Gasteiger partial charge < -0.3 is 14.8 Å². The maximum Gasteiger partial charge on any atom is 0.158 e. The third-order valence-electron chi connectivity index (χ3n) is 10.7. The minimum atomic E-state index is -1.42. The minimum absolute atomic E-state index is 0.0147. The molecule has 0 aliphatic carbocycles. The van der Waals surface area contributed by atoms with Gasteiger partial charge in [-0.05, 0) is 119 Å². The molecule has 54 heavy (non-hydrogen) atoms. The Hall–Kier alpha value is -4.83. The lowest BCUT2D eigenvalue weighted by atomic mass is 9.77. The number of hydrogen-bond acceptors (Lipinski definition) is 9. The monoisotopic (exact) mass is 736 g/mol. The van der Waals surface area contributed by atoms with E-state index in [1.165, 1.54) is 12.2 Å². The first-order chi connectivity index (χ1) is 25.7. The lowest BCUT2D eigenvalue weighted by Crippen LogP contribution is -2.55. The summed E-state index contributed by atoms with van der Waals surface area (Å²) >= 11 is 0. The Morgan fingerprint density at radius 2 is 1.87 bits per heavy atom. The molecule has 3 aromatic rings. The lowest BCUT2D eigenvalue weighted by Gasteiger charge is -2.40. The Labute approximate surface area is 320 Å². The van der Waals surface area contributed by atoms with Gasteiger partial charge in [0, 0.05) is 43.2 Å². The number of carbonyl (C=O) groups excluding carboxylic acids is 1. The van der Waals surface area contributed by atoms with Crippen molar-refractivity contribution in [2.75, 3.05) is 32.1 Å². The summed E-state index contributed by atoms with van der Waals surface area (Å²) < 4.78 is 27.9. The number of fused-ring (bicyclic) bond motifs is 1. The zero-order chi connectivity index (χ0) is 39.2. The van der Waals surface area contributed by atoms with Gasteiger partial charge in [-0.25, -0.2) is 19.4 Å². The van der Waals surface area contributed by atoms with Gasteiger partial charge >= 0.3 is 0 Å². The number of anilines is 2. The SMILES string of the molecule is C/C=N\N1C=CC(Oc2ccc(Nc3ncnc4ccc(C)c(OCC(CC(C)CC)C(C)C(C)C(=O)/C=C/C5(F)CN(C)C5)c34)cc2C)=CC1=C(C)C. The summed E-state index contributed by atoms with van der Waals surface area (Å²) in [7, 11) is 1.88. The van der Waals surface area contributed by atoms with Crippen LogP contribution in [-0.4, -0.2) is 64.3 Å². The molecule has 2 aliphatic rings. The fourth-order valence-electron chi connectivity index (χ4n) is 7.06. The molecule has 1 fully saturated rings. The molecule has 0 saturated carbocycles. The van der Waals surface area contributed by atoms with Crippen molar-refractivity contribution in [1.29, 1.82) is 0 Å². The summed E-state index contributed by atoms with van der Waals surface area (Å²) in [5.41, 5.74) is 4.20. The van der Waals surface area contributed by atoms with Crippen molar-refractivity contribution in [3.05, 3.63) is 95.3 Å². The van der Waals surface area contributed by atoms with E-state index in [1.54, 1.807) is 12.5 Å². The van der Waals surface area contributed by atoms with E-state index in [2.05, 4.69) is 55.0 Å². The molecule has 288 valence electrons. The highest BCUT2D eigenvalue weighted by Crippen LogP contribution is 2.37. The number of aromatic nitrogens is 2. The second-order valence-electron chi connectivity index (χ2n) is 15.4. The Morgan fingerprint density at radius 1 is 1.11 bits per heavy atom. The smallest absolute Gasteiger partial charge is 0.158 e. The third kappa shape index (κ3) is 9.63. The third-order valence-corrected chi connectivity index (χ3v) is 10.7. The molecular weight excluding hydrogens is 680 g/mol. The Balaban J connectivity index is 1.35. The van der Waals surface area contributed by atoms with Crippen LogP contribution in [-0.2, 0) is 4.79 Å². The van der Waals surface area contributed by atoms with Gasteiger partial charge in [-0.2, -0.15) is 5.10 Å². The highest BCUT2D eigenvalue weighted by atomic mass is 19.1. The number of aryl methyl sites for hydroxylation is 2. The number of allylic oxidation sites excluding steroid dienone is 4. The molecule has 2 aliphatic heterocycles. The number of ketones is 1. The molecule has 10 heteroatoms. The van der Waals surface area contributed by atoms with E-state index in [-0.39, 0.29) is 23.5 Å². The van der Waals surface area contributed by atoms with Crippen LogP contribution >= 0.6 is 0 Å². The summed E-state index contributed by atoms with van der Waals surface area (Å²) in [5, 5.41) is 10.6. The molecule has 0 spiro atoms.